The van der Waals surface area contributed by atoms with Gasteiger partial charge in [-0.2, -0.15) is 0 Å². The number of sulfonamides is 1. The van der Waals surface area contributed by atoms with Crippen LogP contribution in [0.2, 0.25) is 0 Å². The van der Waals surface area contributed by atoms with Crippen molar-refractivity contribution in [2.24, 2.45) is 5.92 Å². The van der Waals surface area contributed by atoms with Gasteiger partial charge in [0.2, 0.25) is 10.0 Å². The summed E-state index contributed by atoms with van der Waals surface area (Å²) in [6.07, 6.45) is 0.675. The summed E-state index contributed by atoms with van der Waals surface area (Å²) in [4.78, 5) is 11.0. The lowest BCUT2D eigenvalue weighted by atomic mass is 10.1. The predicted octanol–water partition coefficient (Wildman–Crippen LogP) is 0.247. The van der Waals surface area contributed by atoms with E-state index in [2.05, 4.69) is 0 Å². The quantitative estimate of drug-likeness (QED) is 0.663. The molecule has 1 rings (SSSR count). The fourth-order valence-corrected chi connectivity index (χ4v) is 2.65. The molecule has 1 atom stereocenters. The molecule has 13 heavy (non-hydrogen) atoms. The van der Waals surface area contributed by atoms with E-state index in [-0.39, 0.29) is 17.5 Å². The van der Waals surface area contributed by atoms with Crippen molar-refractivity contribution < 1.29 is 13.2 Å². The van der Waals surface area contributed by atoms with E-state index in [9.17, 15) is 13.2 Å². The maximum atomic E-state index is 11.4. The Labute approximate surface area is 79.0 Å². The molecule has 0 radical (unpaired) electrons. The molecule has 1 aliphatic heterocycles. The molecule has 0 aromatic carbocycles. The van der Waals surface area contributed by atoms with Crippen LogP contribution >= 0.6 is 0 Å². The molecule has 0 N–H and O–H groups in total. The van der Waals surface area contributed by atoms with E-state index in [0.717, 1.165) is 0 Å². The van der Waals surface area contributed by atoms with Gasteiger partial charge in [-0.25, -0.2) is 12.7 Å². The number of rotatable bonds is 3. The van der Waals surface area contributed by atoms with Crippen LogP contribution in [-0.2, 0) is 14.8 Å². The van der Waals surface area contributed by atoms with Crippen molar-refractivity contribution in [2.75, 3.05) is 18.8 Å². The Bertz CT molecular complexity index is 297. The number of Topliss-reactive ketones (excluding diaryl/α,β-unsaturated/α-hetero) is 1. The molecule has 0 aromatic heterocycles. The van der Waals surface area contributed by atoms with E-state index in [1.165, 1.54) is 11.2 Å². The molecule has 0 aromatic rings. The number of hydrogen-bond acceptors (Lipinski definition) is 3. The Morgan fingerprint density at radius 3 is 2.54 bits per heavy atom. The molecule has 4 nitrogen and oxygen atoms in total. The summed E-state index contributed by atoms with van der Waals surface area (Å²) in [6.45, 7) is 4.02. The van der Waals surface area contributed by atoms with Gasteiger partial charge in [0.15, 0.2) is 0 Å². The highest BCUT2D eigenvalue weighted by molar-refractivity contribution is 7.89. The minimum absolute atomic E-state index is 0.0821. The maximum Gasteiger partial charge on any atom is 0.213 e. The molecule has 0 spiro atoms. The van der Waals surface area contributed by atoms with Gasteiger partial charge in [-0.15, -0.1) is 0 Å². The van der Waals surface area contributed by atoms with Crippen molar-refractivity contribution in [3.63, 3.8) is 0 Å². The zero-order valence-electron chi connectivity index (χ0n) is 7.99. The topological polar surface area (TPSA) is 54.5 Å². The Kier molecular flexibility index (Phi) is 3.08. The van der Waals surface area contributed by atoms with Crippen LogP contribution in [0.3, 0.4) is 0 Å². The van der Waals surface area contributed by atoms with Gasteiger partial charge in [0.05, 0.1) is 5.75 Å². The Balaban J connectivity index is 2.65. The molecule has 0 unspecified atom stereocenters. The number of hydrogen-bond donors (Lipinski definition) is 0. The van der Waals surface area contributed by atoms with E-state index < -0.39 is 10.0 Å². The fraction of sp³-hybridized carbons (Fsp3) is 0.875. The smallest absolute Gasteiger partial charge is 0.213 e. The molecule has 0 bridgehead atoms. The minimum Gasteiger partial charge on any atom is -0.300 e. The summed E-state index contributed by atoms with van der Waals surface area (Å²) >= 11 is 0. The SMILES string of the molecule is CCS(=O)(=O)N1CC[C@H](C(C)=O)C1. The number of carbonyl (C=O) groups is 1. The summed E-state index contributed by atoms with van der Waals surface area (Å²) in [6, 6.07) is 0. The van der Waals surface area contributed by atoms with Gasteiger partial charge in [0.25, 0.3) is 0 Å². The first-order valence-electron chi connectivity index (χ1n) is 4.45. The van der Waals surface area contributed by atoms with Gasteiger partial charge in [0.1, 0.15) is 5.78 Å². The first-order chi connectivity index (χ1) is 5.97. The number of ketones is 1. The molecular weight excluding hydrogens is 190 g/mol. The molecule has 1 aliphatic rings. The van der Waals surface area contributed by atoms with Crippen LogP contribution in [0.4, 0.5) is 0 Å². The van der Waals surface area contributed by atoms with Crippen LogP contribution in [0, 0.1) is 5.92 Å². The van der Waals surface area contributed by atoms with Crippen molar-refractivity contribution >= 4 is 15.8 Å². The van der Waals surface area contributed by atoms with Crippen LogP contribution in [0.25, 0.3) is 0 Å². The van der Waals surface area contributed by atoms with Crippen LogP contribution in [-0.4, -0.2) is 37.3 Å². The third-order valence-electron chi connectivity index (χ3n) is 2.48. The van der Waals surface area contributed by atoms with E-state index in [1.54, 1.807) is 6.92 Å². The minimum atomic E-state index is -3.08. The highest BCUT2D eigenvalue weighted by Crippen LogP contribution is 2.19. The van der Waals surface area contributed by atoms with E-state index in [0.29, 0.717) is 19.5 Å². The summed E-state index contributed by atoms with van der Waals surface area (Å²) in [5.74, 6) is 0.132. The van der Waals surface area contributed by atoms with E-state index in [4.69, 9.17) is 0 Å². The largest absolute Gasteiger partial charge is 0.300 e. The molecule has 1 heterocycles. The first-order valence-corrected chi connectivity index (χ1v) is 6.06. The van der Waals surface area contributed by atoms with Crippen molar-refractivity contribution in [1.82, 2.24) is 4.31 Å². The Morgan fingerprint density at radius 2 is 2.15 bits per heavy atom. The first kappa shape index (κ1) is 10.7. The third kappa shape index (κ3) is 2.28. The fourth-order valence-electron chi connectivity index (χ4n) is 1.50. The highest BCUT2D eigenvalue weighted by Gasteiger charge is 2.32. The van der Waals surface area contributed by atoms with Gasteiger partial charge >= 0.3 is 0 Å². The monoisotopic (exact) mass is 205 g/mol. The molecule has 1 saturated heterocycles. The van der Waals surface area contributed by atoms with Crippen molar-refractivity contribution in [1.29, 1.82) is 0 Å². The second-order valence-corrected chi connectivity index (χ2v) is 5.61. The molecule has 0 amide bonds. The van der Waals surface area contributed by atoms with Crippen LogP contribution in [0.1, 0.15) is 20.3 Å². The Morgan fingerprint density at radius 1 is 1.54 bits per heavy atom. The lowest BCUT2D eigenvalue weighted by molar-refractivity contribution is -0.120. The van der Waals surface area contributed by atoms with Crippen LogP contribution in [0.15, 0.2) is 0 Å². The summed E-state index contributed by atoms with van der Waals surface area (Å²) in [5.41, 5.74) is 0. The number of nitrogens with zero attached hydrogens (tertiary/aromatic N) is 1. The summed E-state index contributed by atoms with van der Waals surface area (Å²) in [7, 11) is -3.08. The number of carbonyl (C=O) groups excluding carboxylic acids is 1. The zero-order chi connectivity index (χ0) is 10.1. The van der Waals surface area contributed by atoms with E-state index >= 15 is 0 Å². The molecule has 1 fully saturated rings. The van der Waals surface area contributed by atoms with Gasteiger partial charge < -0.3 is 0 Å². The average Bonchev–Trinajstić information content (AvgIpc) is 2.52. The molecule has 0 aliphatic carbocycles. The van der Waals surface area contributed by atoms with Crippen molar-refractivity contribution in [3.05, 3.63) is 0 Å². The Hall–Kier alpha value is -0.420. The second kappa shape index (κ2) is 3.75. The molecule has 5 heteroatoms. The van der Waals surface area contributed by atoms with E-state index in [1.807, 2.05) is 0 Å². The normalized spacial score (nSPS) is 24.9. The van der Waals surface area contributed by atoms with Crippen molar-refractivity contribution in [3.8, 4) is 0 Å². The predicted molar refractivity (Wildman–Crippen MR) is 49.8 cm³/mol. The van der Waals surface area contributed by atoms with Gasteiger partial charge in [-0.3, -0.25) is 4.79 Å². The third-order valence-corrected chi connectivity index (χ3v) is 4.33. The standard InChI is InChI=1S/C8H15NO3S/c1-3-13(11,12)9-5-4-8(6-9)7(2)10/h8H,3-6H2,1-2H3/t8-/m0/s1. The maximum absolute atomic E-state index is 11.4. The van der Waals surface area contributed by atoms with Gasteiger partial charge in [-0.05, 0) is 20.3 Å². The lowest BCUT2D eigenvalue weighted by Crippen LogP contribution is -2.30. The lowest BCUT2D eigenvalue weighted by Gasteiger charge is -2.13. The molecule has 0 saturated carbocycles. The summed E-state index contributed by atoms with van der Waals surface area (Å²) < 4.78 is 24.2. The van der Waals surface area contributed by atoms with Gasteiger partial charge in [0, 0.05) is 19.0 Å². The second-order valence-electron chi connectivity index (χ2n) is 3.35. The average molecular weight is 205 g/mol. The molecule has 76 valence electrons. The molecular formula is C8H15NO3S. The van der Waals surface area contributed by atoms with Crippen molar-refractivity contribution in [2.45, 2.75) is 20.3 Å². The van der Waals surface area contributed by atoms with Crippen LogP contribution in [0.5, 0.6) is 0 Å². The summed E-state index contributed by atoms with van der Waals surface area (Å²) in [5, 5.41) is 0. The highest BCUT2D eigenvalue weighted by atomic mass is 32.2. The van der Waals surface area contributed by atoms with Crippen LogP contribution < -0.4 is 0 Å². The zero-order valence-corrected chi connectivity index (χ0v) is 8.80. The van der Waals surface area contributed by atoms with Gasteiger partial charge in [-0.1, -0.05) is 0 Å².